The van der Waals surface area contributed by atoms with Crippen molar-refractivity contribution in [2.45, 2.75) is 26.9 Å². The molecule has 0 bridgehead atoms. The second-order valence-electron chi connectivity index (χ2n) is 5.20. The van der Waals surface area contributed by atoms with Gasteiger partial charge in [-0.1, -0.05) is 6.07 Å². The lowest BCUT2D eigenvalue weighted by molar-refractivity contribution is -0.122. The minimum Gasteiger partial charge on any atom is -0.481 e. The van der Waals surface area contributed by atoms with Gasteiger partial charge in [0.1, 0.15) is 17.4 Å². The summed E-state index contributed by atoms with van der Waals surface area (Å²) in [6, 6.07) is 8.58. The Morgan fingerprint density at radius 1 is 1.09 bits per heavy atom. The molecule has 0 saturated heterocycles. The number of hydrogen-bond acceptors (Lipinski definition) is 2. The second-order valence-corrected chi connectivity index (χ2v) is 5.20. The van der Waals surface area contributed by atoms with Crippen LogP contribution in [0.3, 0.4) is 0 Å². The van der Waals surface area contributed by atoms with Gasteiger partial charge in [0.25, 0.3) is 5.91 Å². The van der Waals surface area contributed by atoms with Crippen LogP contribution in [0, 0.1) is 25.5 Å². The number of anilines is 1. The van der Waals surface area contributed by atoms with E-state index in [0.29, 0.717) is 11.8 Å². The molecule has 0 aromatic heterocycles. The number of hydrogen-bond donors (Lipinski definition) is 1. The molecule has 5 heteroatoms. The van der Waals surface area contributed by atoms with Gasteiger partial charge in [0.15, 0.2) is 6.10 Å². The molecule has 0 radical (unpaired) electrons. The van der Waals surface area contributed by atoms with Crippen LogP contribution in [0.15, 0.2) is 36.4 Å². The lowest BCUT2D eigenvalue weighted by Gasteiger charge is -2.16. The molecule has 1 N–H and O–H groups in total. The van der Waals surface area contributed by atoms with Crippen molar-refractivity contribution in [1.29, 1.82) is 0 Å². The first kappa shape index (κ1) is 15.9. The van der Waals surface area contributed by atoms with Crippen LogP contribution < -0.4 is 10.1 Å². The van der Waals surface area contributed by atoms with Gasteiger partial charge in [0.05, 0.1) is 5.69 Å². The third kappa shape index (κ3) is 4.04. The van der Waals surface area contributed by atoms with Crippen molar-refractivity contribution in [2.75, 3.05) is 5.32 Å². The first-order valence-electron chi connectivity index (χ1n) is 6.86. The molecule has 0 fully saturated rings. The summed E-state index contributed by atoms with van der Waals surface area (Å²) in [6.07, 6.45) is -0.814. The van der Waals surface area contributed by atoms with E-state index in [2.05, 4.69) is 5.32 Å². The van der Waals surface area contributed by atoms with E-state index in [1.165, 1.54) is 6.07 Å². The summed E-state index contributed by atoms with van der Waals surface area (Å²) in [5.41, 5.74) is 1.96. The summed E-state index contributed by atoms with van der Waals surface area (Å²) in [5.74, 6) is -1.47. The zero-order valence-electron chi connectivity index (χ0n) is 12.6. The summed E-state index contributed by atoms with van der Waals surface area (Å²) >= 11 is 0. The van der Waals surface area contributed by atoms with Crippen LogP contribution >= 0.6 is 0 Å². The van der Waals surface area contributed by atoms with E-state index >= 15 is 0 Å². The van der Waals surface area contributed by atoms with E-state index in [9.17, 15) is 13.6 Å². The largest absolute Gasteiger partial charge is 0.481 e. The predicted molar refractivity (Wildman–Crippen MR) is 81.0 cm³/mol. The number of ether oxygens (including phenoxy) is 1. The van der Waals surface area contributed by atoms with Crippen molar-refractivity contribution < 1.29 is 18.3 Å². The average Bonchev–Trinajstić information content (AvgIpc) is 2.40. The Kier molecular flexibility index (Phi) is 4.75. The Balaban J connectivity index is 2.05. The Bertz CT molecular complexity index is 681. The fourth-order valence-corrected chi connectivity index (χ4v) is 2.08. The van der Waals surface area contributed by atoms with Crippen molar-refractivity contribution in [2.24, 2.45) is 0 Å². The van der Waals surface area contributed by atoms with Crippen molar-refractivity contribution in [1.82, 2.24) is 0 Å². The van der Waals surface area contributed by atoms with Crippen LogP contribution in [0.4, 0.5) is 14.5 Å². The molecule has 3 nitrogen and oxygen atoms in total. The van der Waals surface area contributed by atoms with Gasteiger partial charge < -0.3 is 10.1 Å². The number of halogens is 2. The van der Waals surface area contributed by atoms with E-state index < -0.39 is 23.6 Å². The minimum atomic E-state index is -0.827. The van der Waals surface area contributed by atoms with Crippen molar-refractivity contribution >= 4 is 11.6 Å². The number of benzene rings is 2. The maximum Gasteiger partial charge on any atom is 0.265 e. The Morgan fingerprint density at radius 2 is 1.73 bits per heavy atom. The normalized spacial score (nSPS) is 11.9. The van der Waals surface area contributed by atoms with Crippen LogP contribution in [0.5, 0.6) is 5.75 Å². The standard InChI is InChI=1S/C17H17F2NO2/c1-10-6-11(2)8-14(7-10)22-12(3)17(21)20-16-5-4-13(18)9-15(16)19/h4-9,12H,1-3H3,(H,20,21). The summed E-state index contributed by atoms with van der Waals surface area (Å²) in [4.78, 5) is 12.0. The second kappa shape index (κ2) is 6.56. The highest BCUT2D eigenvalue weighted by molar-refractivity contribution is 5.94. The fourth-order valence-electron chi connectivity index (χ4n) is 2.08. The van der Waals surface area contributed by atoms with Crippen LogP contribution in [-0.4, -0.2) is 12.0 Å². The van der Waals surface area contributed by atoms with Gasteiger partial charge >= 0.3 is 0 Å². The molecular weight excluding hydrogens is 288 g/mol. The van der Waals surface area contributed by atoms with Gasteiger partial charge in [-0.2, -0.15) is 0 Å². The van der Waals surface area contributed by atoms with Crippen LogP contribution in [-0.2, 0) is 4.79 Å². The fraction of sp³-hybridized carbons (Fsp3) is 0.235. The maximum atomic E-state index is 13.5. The number of amides is 1. The van der Waals surface area contributed by atoms with E-state index in [-0.39, 0.29) is 5.69 Å². The van der Waals surface area contributed by atoms with Crippen LogP contribution in [0.2, 0.25) is 0 Å². The Labute approximate surface area is 127 Å². The highest BCUT2D eigenvalue weighted by atomic mass is 19.1. The van der Waals surface area contributed by atoms with Gasteiger partial charge in [-0.25, -0.2) is 8.78 Å². The molecule has 0 aliphatic rings. The van der Waals surface area contributed by atoms with Crippen molar-refractivity contribution in [3.63, 3.8) is 0 Å². The molecule has 1 unspecified atom stereocenters. The molecule has 0 aliphatic carbocycles. The number of aryl methyl sites for hydroxylation is 2. The quantitative estimate of drug-likeness (QED) is 0.927. The van der Waals surface area contributed by atoms with Gasteiger partial charge in [-0.3, -0.25) is 4.79 Å². The molecule has 2 rings (SSSR count). The zero-order chi connectivity index (χ0) is 16.3. The summed E-state index contributed by atoms with van der Waals surface area (Å²) in [6.45, 7) is 5.42. The zero-order valence-corrected chi connectivity index (χ0v) is 12.6. The molecule has 1 amide bonds. The van der Waals surface area contributed by atoms with Gasteiger partial charge in [0.2, 0.25) is 0 Å². The molecule has 116 valence electrons. The van der Waals surface area contributed by atoms with Crippen molar-refractivity contribution in [3.8, 4) is 5.75 Å². The van der Waals surface area contributed by atoms with E-state index in [1.807, 2.05) is 32.0 Å². The molecule has 22 heavy (non-hydrogen) atoms. The van der Waals surface area contributed by atoms with Gasteiger partial charge in [-0.05, 0) is 56.2 Å². The summed E-state index contributed by atoms with van der Waals surface area (Å²) < 4.78 is 31.9. The molecule has 0 aliphatic heterocycles. The lowest BCUT2D eigenvalue weighted by Crippen LogP contribution is -2.30. The lowest BCUT2D eigenvalue weighted by atomic mass is 10.1. The highest BCUT2D eigenvalue weighted by Crippen LogP contribution is 2.19. The number of rotatable bonds is 4. The van der Waals surface area contributed by atoms with Gasteiger partial charge in [0, 0.05) is 6.07 Å². The maximum absolute atomic E-state index is 13.5. The predicted octanol–water partition coefficient (Wildman–Crippen LogP) is 3.99. The Morgan fingerprint density at radius 3 is 2.32 bits per heavy atom. The monoisotopic (exact) mass is 305 g/mol. The summed E-state index contributed by atoms with van der Waals surface area (Å²) in [5, 5.41) is 2.38. The van der Waals surface area contributed by atoms with E-state index in [4.69, 9.17) is 4.74 Å². The molecule has 2 aromatic carbocycles. The average molecular weight is 305 g/mol. The van der Waals surface area contributed by atoms with Crippen LogP contribution in [0.25, 0.3) is 0 Å². The SMILES string of the molecule is Cc1cc(C)cc(OC(C)C(=O)Nc2ccc(F)cc2F)c1. The Hall–Kier alpha value is -2.43. The van der Waals surface area contributed by atoms with E-state index in [1.54, 1.807) is 6.92 Å². The topological polar surface area (TPSA) is 38.3 Å². The first-order chi connectivity index (χ1) is 10.3. The number of nitrogens with one attached hydrogen (secondary N) is 1. The smallest absolute Gasteiger partial charge is 0.265 e. The van der Waals surface area contributed by atoms with E-state index in [0.717, 1.165) is 17.2 Å². The number of carbonyl (C=O) groups excluding carboxylic acids is 1. The van der Waals surface area contributed by atoms with Crippen molar-refractivity contribution in [3.05, 3.63) is 59.2 Å². The number of carbonyl (C=O) groups is 1. The highest BCUT2D eigenvalue weighted by Gasteiger charge is 2.17. The molecule has 0 heterocycles. The van der Waals surface area contributed by atoms with Crippen LogP contribution in [0.1, 0.15) is 18.1 Å². The molecule has 0 saturated carbocycles. The molecular formula is C17H17F2NO2. The summed E-state index contributed by atoms with van der Waals surface area (Å²) in [7, 11) is 0. The molecule has 2 aromatic rings. The third-order valence-corrected chi connectivity index (χ3v) is 3.07. The van der Waals surface area contributed by atoms with Gasteiger partial charge in [-0.15, -0.1) is 0 Å². The first-order valence-corrected chi connectivity index (χ1v) is 6.86. The molecule has 1 atom stereocenters. The minimum absolute atomic E-state index is 0.0812. The third-order valence-electron chi connectivity index (χ3n) is 3.07. The molecule has 0 spiro atoms.